The lowest BCUT2D eigenvalue weighted by molar-refractivity contribution is -0.149. The molecular formula is C37H49N3O4Si. The van der Waals surface area contributed by atoms with E-state index >= 15 is 0 Å². The van der Waals surface area contributed by atoms with Gasteiger partial charge in [-0.3, -0.25) is 9.79 Å². The van der Waals surface area contributed by atoms with Crippen molar-refractivity contribution in [3.05, 3.63) is 90.0 Å². The quantitative estimate of drug-likeness (QED) is 0.178. The lowest BCUT2D eigenvalue weighted by Crippen LogP contribution is -2.67. The standard InChI is InChI=1S/C37H49N3O4Si/c1-26(41)36(5,42-6)33-20-18-27-23-28(17-19-32(27)44-33)34(38)40-29-24-37(39,25-29)21-22-43-45(35(2,3)4,30-13-9-7-10-14-30)31-15-11-8-12-16-31/h7-17,19,23,29,33H,18,20-22,24-25,39H2,1-6H3,(H2,38,40)/t29?,33-,36-,37?/m1/s1. The predicted molar refractivity (Wildman–Crippen MR) is 184 cm³/mol. The predicted octanol–water partition coefficient (Wildman–Crippen LogP) is 4.91. The van der Waals surface area contributed by atoms with Gasteiger partial charge in [0.1, 0.15) is 17.7 Å². The molecule has 0 amide bonds. The fraction of sp³-hybridized carbons (Fsp3) is 0.459. The Hall–Kier alpha value is -3.30. The molecule has 2 aliphatic rings. The maximum Gasteiger partial charge on any atom is 0.261 e. The Balaban J connectivity index is 1.23. The van der Waals surface area contributed by atoms with Crippen LogP contribution in [-0.2, 0) is 20.4 Å². The number of aliphatic imine (C=N–C) groups is 1. The van der Waals surface area contributed by atoms with Crippen molar-refractivity contribution < 1.29 is 18.7 Å². The van der Waals surface area contributed by atoms with Crippen LogP contribution in [0.25, 0.3) is 0 Å². The van der Waals surface area contributed by atoms with Crippen LogP contribution in [0.1, 0.15) is 71.4 Å². The molecule has 5 rings (SSSR count). The number of rotatable bonds is 11. The fourth-order valence-electron chi connectivity index (χ4n) is 7.05. The molecule has 0 radical (unpaired) electrons. The molecule has 1 aliphatic carbocycles. The van der Waals surface area contributed by atoms with Crippen LogP contribution < -0.4 is 26.6 Å². The summed E-state index contributed by atoms with van der Waals surface area (Å²) in [6.07, 6.45) is 3.43. The monoisotopic (exact) mass is 627 g/mol. The molecule has 45 heavy (non-hydrogen) atoms. The molecule has 7 nitrogen and oxygen atoms in total. The number of ether oxygens (including phenoxy) is 2. The molecule has 0 bridgehead atoms. The maximum atomic E-state index is 12.2. The molecule has 8 heteroatoms. The number of nitrogens with two attached hydrogens (primary N) is 2. The third-order valence-corrected chi connectivity index (χ3v) is 15.0. The van der Waals surface area contributed by atoms with Crippen LogP contribution in [0, 0.1) is 0 Å². The number of aryl methyl sites for hydroxylation is 1. The fourth-order valence-corrected chi connectivity index (χ4v) is 11.6. The summed E-state index contributed by atoms with van der Waals surface area (Å²) in [5, 5.41) is 2.48. The van der Waals surface area contributed by atoms with Gasteiger partial charge in [-0.05, 0) is 85.1 Å². The maximum absolute atomic E-state index is 12.2. The molecule has 4 N–H and O–H groups in total. The van der Waals surface area contributed by atoms with E-state index in [2.05, 4.69) is 81.4 Å². The third kappa shape index (κ3) is 6.52. The van der Waals surface area contributed by atoms with Gasteiger partial charge in [0.05, 0.1) is 6.04 Å². The Kier molecular flexibility index (Phi) is 9.43. The van der Waals surface area contributed by atoms with E-state index in [1.54, 1.807) is 21.0 Å². The zero-order chi connectivity index (χ0) is 32.5. The number of benzene rings is 3. The second-order valence-electron chi connectivity index (χ2n) is 14.0. The van der Waals surface area contributed by atoms with E-state index in [9.17, 15) is 4.79 Å². The van der Waals surface area contributed by atoms with E-state index in [0.29, 0.717) is 18.9 Å². The van der Waals surface area contributed by atoms with Gasteiger partial charge in [-0.25, -0.2) is 0 Å². The molecule has 1 saturated carbocycles. The number of hydrogen-bond donors (Lipinski definition) is 2. The minimum atomic E-state index is -2.60. The molecule has 1 fully saturated rings. The highest BCUT2D eigenvalue weighted by atomic mass is 28.4. The largest absolute Gasteiger partial charge is 0.487 e. The van der Waals surface area contributed by atoms with E-state index in [0.717, 1.165) is 42.6 Å². The zero-order valence-corrected chi connectivity index (χ0v) is 28.6. The van der Waals surface area contributed by atoms with Crippen LogP contribution in [0.2, 0.25) is 5.04 Å². The minimum Gasteiger partial charge on any atom is -0.487 e. The van der Waals surface area contributed by atoms with Crippen LogP contribution in [0.15, 0.2) is 83.9 Å². The lowest BCUT2D eigenvalue weighted by atomic mass is 9.72. The highest BCUT2D eigenvalue weighted by Crippen LogP contribution is 2.40. The number of Topliss-reactive ketones (excluding diaryl/α,β-unsaturated/α-hetero) is 1. The first-order valence-electron chi connectivity index (χ1n) is 16.0. The van der Waals surface area contributed by atoms with E-state index < -0.39 is 13.9 Å². The van der Waals surface area contributed by atoms with Gasteiger partial charge in [-0.15, -0.1) is 0 Å². The average Bonchev–Trinajstić information content (AvgIpc) is 3.01. The van der Waals surface area contributed by atoms with E-state index in [1.165, 1.54) is 10.4 Å². The van der Waals surface area contributed by atoms with E-state index in [1.807, 2.05) is 18.2 Å². The Morgan fingerprint density at radius 3 is 2.13 bits per heavy atom. The molecule has 240 valence electrons. The zero-order valence-electron chi connectivity index (χ0n) is 27.6. The number of nitrogens with zero attached hydrogens (tertiary/aromatic N) is 1. The average molecular weight is 628 g/mol. The highest BCUT2D eigenvalue weighted by molar-refractivity contribution is 6.99. The first-order valence-corrected chi connectivity index (χ1v) is 18.0. The van der Waals surface area contributed by atoms with Crippen LogP contribution in [-0.4, -0.2) is 56.9 Å². The SMILES string of the molecule is CO[C@](C)(C(C)=O)[C@H]1CCc2cc(C(N)=NC3CC(N)(CCO[Si](c4ccccc4)(c4ccccc4)C(C)(C)C)C3)ccc2O1. The number of hydrogen-bond acceptors (Lipinski definition) is 6. The normalized spacial score (nSPS) is 23.3. The Labute approximate surface area is 269 Å². The second-order valence-corrected chi connectivity index (χ2v) is 18.3. The number of fused-ring (bicyclic) bond motifs is 1. The summed E-state index contributed by atoms with van der Waals surface area (Å²) in [6, 6.07) is 27.4. The van der Waals surface area contributed by atoms with Gasteiger partial charge in [0.2, 0.25) is 0 Å². The highest BCUT2D eigenvalue weighted by Gasteiger charge is 2.51. The number of carbonyl (C=O) groups excluding carboxylic acids is 1. The van der Waals surface area contributed by atoms with Gasteiger partial charge in [0.15, 0.2) is 11.4 Å². The molecule has 3 aromatic carbocycles. The van der Waals surface area contributed by atoms with Crippen LogP contribution in [0.4, 0.5) is 0 Å². The van der Waals surface area contributed by atoms with Crippen LogP contribution >= 0.6 is 0 Å². The first-order chi connectivity index (χ1) is 21.3. The molecular weight excluding hydrogens is 579 g/mol. The summed E-state index contributed by atoms with van der Waals surface area (Å²) in [4.78, 5) is 17.1. The van der Waals surface area contributed by atoms with Crippen molar-refractivity contribution in [2.24, 2.45) is 16.5 Å². The van der Waals surface area contributed by atoms with Gasteiger partial charge >= 0.3 is 0 Å². The Morgan fingerprint density at radius 1 is 1.00 bits per heavy atom. The Bertz CT molecular complexity index is 1480. The van der Waals surface area contributed by atoms with Crippen molar-refractivity contribution in [2.75, 3.05) is 13.7 Å². The summed E-state index contributed by atoms with van der Waals surface area (Å²) < 4.78 is 18.9. The molecule has 1 aliphatic heterocycles. The summed E-state index contributed by atoms with van der Waals surface area (Å²) in [5.41, 5.74) is 14.0. The molecule has 1 heterocycles. The molecule has 3 aromatic rings. The van der Waals surface area contributed by atoms with E-state index in [-0.39, 0.29) is 28.5 Å². The smallest absolute Gasteiger partial charge is 0.261 e. The summed E-state index contributed by atoms with van der Waals surface area (Å²) in [5.74, 6) is 1.23. The Morgan fingerprint density at radius 2 is 1.60 bits per heavy atom. The molecule has 2 atom stereocenters. The molecule has 0 saturated heterocycles. The summed E-state index contributed by atoms with van der Waals surface area (Å²) in [7, 11) is -1.04. The van der Waals surface area contributed by atoms with Crippen molar-refractivity contribution in [3.8, 4) is 5.75 Å². The van der Waals surface area contributed by atoms with E-state index in [4.69, 9.17) is 30.4 Å². The third-order valence-electron chi connectivity index (χ3n) is 9.98. The van der Waals surface area contributed by atoms with Gasteiger partial charge in [0.25, 0.3) is 8.32 Å². The number of ketones is 1. The molecule has 0 spiro atoms. The van der Waals surface area contributed by atoms with Gasteiger partial charge in [-0.2, -0.15) is 0 Å². The number of carbonyl (C=O) groups is 1. The van der Waals surface area contributed by atoms with Crippen LogP contribution in [0.5, 0.6) is 5.75 Å². The second kappa shape index (κ2) is 12.8. The summed E-state index contributed by atoms with van der Waals surface area (Å²) >= 11 is 0. The molecule has 0 unspecified atom stereocenters. The number of amidine groups is 1. The minimum absolute atomic E-state index is 0.0440. The van der Waals surface area contributed by atoms with Crippen molar-refractivity contribution in [1.82, 2.24) is 0 Å². The van der Waals surface area contributed by atoms with Crippen molar-refractivity contribution in [2.45, 2.75) is 95.0 Å². The number of methoxy groups -OCH3 is 1. The molecule has 0 aromatic heterocycles. The van der Waals surface area contributed by atoms with Crippen molar-refractivity contribution in [1.29, 1.82) is 0 Å². The van der Waals surface area contributed by atoms with Gasteiger partial charge < -0.3 is 25.4 Å². The lowest BCUT2D eigenvalue weighted by Gasteiger charge is -2.46. The van der Waals surface area contributed by atoms with Crippen LogP contribution in [0.3, 0.4) is 0 Å². The van der Waals surface area contributed by atoms with Gasteiger partial charge in [-0.1, -0.05) is 81.4 Å². The van der Waals surface area contributed by atoms with Gasteiger partial charge in [0, 0.05) is 24.8 Å². The summed E-state index contributed by atoms with van der Waals surface area (Å²) in [6.45, 7) is 10.8. The van der Waals surface area contributed by atoms with Crippen molar-refractivity contribution in [3.63, 3.8) is 0 Å². The first kappa shape index (κ1) is 33.1. The van der Waals surface area contributed by atoms with Crippen molar-refractivity contribution >= 4 is 30.3 Å². The topological polar surface area (TPSA) is 109 Å².